The minimum atomic E-state index is -0.318. The van der Waals surface area contributed by atoms with E-state index in [0.29, 0.717) is 11.5 Å². The lowest BCUT2D eigenvalue weighted by atomic mass is 9.94. The molecule has 0 aliphatic heterocycles. The highest BCUT2D eigenvalue weighted by atomic mass is 16.5. The highest BCUT2D eigenvalue weighted by molar-refractivity contribution is 5.91. The van der Waals surface area contributed by atoms with Crippen LogP contribution in [0.4, 0.5) is 0 Å². The number of esters is 1. The van der Waals surface area contributed by atoms with Crippen molar-refractivity contribution in [2.24, 2.45) is 0 Å². The fourth-order valence-electron chi connectivity index (χ4n) is 1.91. The topological polar surface area (TPSA) is 39.2 Å². The first-order chi connectivity index (χ1) is 6.99. The third-order valence-electron chi connectivity index (χ3n) is 2.57. The van der Waals surface area contributed by atoms with Gasteiger partial charge in [-0.2, -0.15) is 0 Å². The van der Waals surface area contributed by atoms with Crippen LogP contribution in [0.5, 0.6) is 0 Å². The van der Waals surface area contributed by atoms with Crippen molar-refractivity contribution in [3.63, 3.8) is 0 Å². The normalized spacial score (nSPS) is 10.5. The van der Waals surface area contributed by atoms with Crippen molar-refractivity contribution in [1.82, 2.24) is 4.98 Å². The smallest absolute Gasteiger partial charge is 0.339 e. The second-order valence-electron chi connectivity index (χ2n) is 3.94. The zero-order chi connectivity index (χ0) is 11.6. The summed E-state index contributed by atoms with van der Waals surface area (Å²) in [5.74, 6) is 0.0454. The van der Waals surface area contributed by atoms with Gasteiger partial charge in [-0.05, 0) is 30.9 Å². The molecule has 0 aromatic carbocycles. The van der Waals surface area contributed by atoms with Crippen LogP contribution >= 0.6 is 0 Å². The summed E-state index contributed by atoms with van der Waals surface area (Å²) in [6, 6.07) is 0. The van der Waals surface area contributed by atoms with Crippen molar-refractivity contribution in [2.45, 2.75) is 33.6 Å². The third-order valence-corrected chi connectivity index (χ3v) is 2.57. The summed E-state index contributed by atoms with van der Waals surface area (Å²) in [5, 5.41) is 0. The van der Waals surface area contributed by atoms with Crippen molar-refractivity contribution in [3.8, 4) is 0 Å². The fraction of sp³-hybridized carbons (Fsp3) is 0.500. The van der Waals surface area contributed by atoms with Crippen molar-refractivity contribution in [1.29, 1.82) is 0 Å². The van der Waals surface area contributed by atoms with Gasteiger partial charge in [0.25, 0.3) is 0 Å². The summed E-state index contributed by atoms with van der Waals surface area (Å²) in [5.41, 5.74) is 3.66. The molecule has 0 N–H and O–H groups in total. The summed E-state index contributed by atoms with van der Waals surface area (Å²) < 4.78 is 4.71. The molecule has 1 aromatic rings. The molecule has 0 unspecified atom stereocenters. The first kappa shape index (κ1) is 11.7. The maximum absolute atomic E-state index is 11.5. The molecule has 3 heteroatoms. The Labute approximate surface area is 90.5 Å². The van der Waals surface area contributed by atoms with Crippen LogP contribution in [0.1, 0.15) is 46.9 Å². The fourth-order valence-corrected chi connectivity index (χ4v) is 1.91. The summed E-state index contributed by atoms with van der Waals surface area (Å²) in [6.45, 7) is 8.09. The molecule has 0 atom stereocenters. The Kier molecular flexibility index (Phi) is 3.45. The Bertz CT molecular complexity index is 383. The zero-order valence-electron chi connectivity index (χ0n) is 9.92. The van der Waals surface area contributed by atoms with E-state index in [1.54, 1.807) is 6.20 Å². The minimum Gasteiger partial charge on any atom is -0.465 e. The van der Waals surface area contributed by atoms with Crippen molar-refractivity contribution in [2.75, 3.05) is 7.11 Å². The van der Waals surface area contributed by atoms with E-state index in [1.807, 2.05) is 13.8 Å². The second kappa shape index (κ2) is 4.43. The number of nitrogens with zero attached hydrogens (tertiary/aromatic N) is 1. The maximum Gasteiger partial charge on any atom is 0.339 e. The van der Waals surface area contributed by atoms with Crippen LogP contribution < -0.4 is 0 Å². The number of methoxy groups -OCH3 is 1. The predicted molar refractivity (Wildman–Crippen MR) is 59.1 cm³/mol. The number of carbonyl (C=O) groups is 1. The Hall–Kier alpha value is -1.38. The van der Waals surface area contributed by atoms with E-state index in [9.17, 15) is 4.79 Å². The monoisotopic (exact) mass is 207 g/mol. The molecule has 0 saturated carbocycles. The van der Waals surface area contributed by atoms with Gasteiger partial charge >= 0.3 is 5.97 Å². The third kappa shape index (κ3) is 2.17. The molecule has 0 aliphatic carbocycles. The van der Waals surface area contributed by atoms with E-state index in [0.717, 1.165) is 16.8 Å². The number of hydrogen-bond donors (Lipinski definition) is 0. The molecule has 82 valence electrons. The largest absolute Gasteiger partial charge is 0.465 e. The number of rotatable bonds is 2. The van der Waals surface area contributed by atoms with Gasteiger partial charge in [0.2, 0.25) is 0 Å². The van der Waals surface area contributed by atoms with Crippen molar-refractivity contribution in [3.05, 3.63) is 28.6 Å². The summed E-state index contributed by atoms with van der Waals surface area (Å²) >= 11 is 0. The van der Waals surface area contributed by atoms with Gasteiger partial charge in [0.05, 0.1) is 12.7 Å². The zero-order valence-corrected chi connectivity index (χ0v) is 9.92. The summed E-state index contributed by atoms with van der Waals surface area (Å²) in [7, 11) is 1.39. The van der Waals surface area contributed by atoms with Gasteiger partial charge in [-0.15, -0.1) is 0 Å². The van der Waals surface area contributed by atoms with Crippen LogP contribution in [0.25, 0.3) is 0 Å². The van der Waals surface area contributed by atoms with E-state index >= 15 is 0 Å². The lowest BCUT2D eigenvalue weighted by Crippen LogP contribution is -2.09. The highest BCUT2D eigenvalue weighted by Crippen LogP contribution is 2.24. The van der Waals surface area contributed by atoms with Crippen LogP contribution in [0.2, 0.25) is 0 Å². The van der Waals surface area contributed by atoms with Crippen molar-refractivity contribution >= 4 is 5.97 Å². The van der Waals surface area contributed by atoms with E-state index in [-0.39, 0.29) is 5.97 Å². The summed E-state index contributed by atoms with van der Waals surface area (Å²) in [6.07, 6.45) is 1.59. The van der Waals surface area contributed by atoms with E-state index in [4.69, 9.17) is 4.74 Å². The van der Waals surface area contributed by atoms with Gasteiger partial charge in [0.15, 0.2) is 0 Å². The molecule has 1 aromatic heterocycles. The van der Waals surface area contributed by atoms with E-state index < -0.39 is 0 Å². The second-order valence-corrected chi connectivity index (χ2v) is 3.94. The van der Waals surface area contributed by atoms with Gasteiger partial charge < -0.3 is 4.74 Å². The molecule has 3 nitrogen and oxygen atoms in total. The molecule has 0 saturated heterocycles. The first-order valence-electron chi connectivity index (χ1n) is 5.03. The molecular formula is C12H17NO2. The molecule has 0 fully saturated rings. The number of carbonyl (C=O) groups excluding carboxylic acids is 1. The van der Waals surface area contributed by atoms with Gasteiger partial charge in [0.1, 0.15) is 0 Å². The summed E-state index contributed by atoms with van der Waals surface area (Å²) in [4.78, 5) is 15.7. The average Bonchev–Trinajstić information content (AvgIpc) is 2.16. The average molecular weight is 207 g/mol. The van der Waals surface area contributed by atoms with Gasteiger partial charge in [-0.1, -0.05) is 13.8 Å². The molecule has 0 bridgehead atoms. The lowest BCUT2D eigenvalue weighted by molar-refractivity contribution is 0.0599. The molecular weight excluding hydrogens is 190 g/mol. The Morgan fingerprint density at radius 1 is 1.40 bits per heavy atom. The van der Waals surface area contributed by atoms with Crippen LogP contribution in [-0.4, -0.2) is 18.1 Å². The Balaban J connectivity index is 3.35. The Morgan fingerprint density at radius 2 is 2.00 bits per heavy atom. The predicted octanol–water partition coefficient (Wildman–Crippen LogP) is 2.61. The highest BCUT2D eigenvalue weighted by Gasteiger charge is 2.16. The quantitative estimate of drug-likeness (QED) is 0.700. The molecule has 0 amide bonds. The number of hydrogen-bond acceptors (Lipinski definition) is 3. The van der Waals surface area contributed by atoms with Gasteiger partial charge in [0, 0.05) is 11.9 Å². The van der Waals surface area contributed by atoms with Crippen LogP contribution in [-0.2, 0) is 4.74 Å². The van der Waals surface area contributed by atoms with Gasteiger partial charge in [-0.3, -0.25) is 4.98 Å². The molecule has 1 rings (SSSR count). The Morgan fingerprint density at radius 3 is 2.47 bits per heavy atom. The molecule has 0 spiro atoms. The molecule has 0 aliphatic rings. The molecule has 1 heterocycles. The van der Waals surface area contributed by atoms with Crippen LogP contribution in [0, 0.1) is 13.8 Å². The first-order valence-corrected chi connectivity index (χ1v) is 5.03. The lowest BCUT2D eigenvalue weighted by Gasteiger charge is -2.14. The van der Waals surface area contributed by atoms with Crippen LogP contribution in [0.3, 0.4) is 0 Å². The molecule has 0 radical (unpaired) electrons. The minimum absolute atomic E-state index is 0.318. The van der Waals surface area contributed by atoms with Crippen LogP contribution in [0.15, 0.2) is 6.20 Å². The molecule has 15 heavy (non-hydrogen) atoms. The number of aromatic nitrogens is 1. The maximum atomic E-state index is 11.5. The number of aryl methyl sites for hydroxylation is 1. The standard InChI is InChI=1S/C12H17NO2/c1-7(2)11-8(3)10(12(14)15-5)6-13-9(11)4/h6-7H,1-5H3. The number of pyridine rings is 1. The van der Waals surface area contributed by atoms with E-state index in [2.05, 4.69) is 18.8 Å². The van der Waals surface area contributed by atoms with Crippen molar-refractivity contribution < 1.29 is 9.53 Å². The number of ether oxygens (including phenoxy) is 1. The SMILES string of the molecule is COC(=O)c1cnc(C)c(C(C)C)c1C. The van der Waals surface area contributed by atoms with E-state index in [1.165, 1.54) is 7.11 Å². The van der Waals surface area contributed by atoms with Gasteiger partial charge in [-0.25, -0.2) is 4.79 Å².